The molecule has 0 aliphatic carbocycles. The van der Waals surface area contributed by atoms with Crippen LogP contribution in [0.25, 0.3) is 0 Å². The number of ether oxygens (including phenoxy) is 3. The van der Waals surface area contributed by atoms with E-state index in [9.17, 15) is 4.79 Å². The summed E-state index contributed by atoms with van der Waals surface area (Å²) < 4.78 is 15.6. The van der Waals surface area contributed by atoms with Gasteiger partial charge in [-0.2, -0.15) is 0 Å². The summed E-state index contributed by atoms with van der Waals surface area (Å²) >= 11 is 6.09. The van der Waals surface area contributed by atoms with Crippen LogP contribution >= 0.6 is 11.6 Å². The minimum atomic E-state index is -0.323. The van der Waals surface area contributed by atoms with Crippen LogP contribution in [0.1, 0.15) is 37.0 Å². The first-order valence-corrected chi connectivity index (χ1v) is 6.72. The van der Waals surface area contributed by atoms with Crippen LogP contribution in [0.15, 0.2) is 12.1 Å². The molecule has 5 heteroatoms. The van der Waals surface area contributed by atoms with Gasteiger partial charge in [0.15, 0.2) is 17.3 Å². The van der Waals surface area contributed by atoms with E-state index in [-0.39, 0.29) is 11.4 Å². The molecule has 0 heterocycles. The normalized spacial score (nSPS) is 11.3. The fourth-order valence-electron chi connectivity index (χ4n) is 1.74. The number of ketones is 1. The highest BCUT2D eigenvalue weighted by Crippen LogP contribution is 2.36. The quantitative estimate of drug-likeness (QED) is 0.720. The maximum atomic E-state index is 12.2. The largest absolute Gasteiger partial charge is 0.493 e. The van der Waals surface area contributed by atoms with Gasteiger partial charge in [0.2, 0.25) is 0 Å². The monoisotopic (exact) mass is 300 g/mol. The standard InChI is InChI=1S/C15H21ClO4/c1-15(2,20-5)7-6-12(17)10-8-11(16)14(19-4)13(9-10)18-3/h8-9H,6-7H2,1-5H3. The molecule has 1 aromatic carbocycles. The lowest BCUT2D eigenvalue weighted by Crippen LogP contribution is -2.23. The molecule has 0 radical (unpaired) electrons. The highest BCUT2D eigenvalue weighted by atomic mass is 35.5. The summed E-state index contributed by atoms with van der Waals surface area (Å²) in [7, 11) is 4.65. The van der Waals surface area contributed by atoms with Gasteiger partial charge in [-0.25, -0.2) is 0 Å². The number of hydrogen-bond donors (Lipinski definition) is 0. The Morgan fingerprint density at radius 3 is 2.35 bits per heavy atom. The smallest absolute Gasteiger partial charge is 0.179 e. The molecule has 0 aliphatic heterocycles. The average molecular weight is 301 g/mol. The van der Waals surface area contributed by atoms with E-state index >= 15 is 0 Å². The van der Waals surface area contributed by atoms with Gasteiger partial charge >= 0.3 is 0 Å². The second-order valence-corrected chi connectivity index (χ2v) is 5.49. The van der Waals surface area contributed by atoms with E-state index in [1.165, 1.54) is 14.2 Å². The molecule has 0 unspecified atom stereocenters. The molecular formula is C15H21ClO4. The Balaban J connectivity index is 2.92. The molecule has 0 bridgehead atoms. The second-order valence-electron chi connectivity index (χ2n) is 5.08. The molecule has 1 aromatic rings. The van der Waals surface area contributed by atoms with Crippen molar-refractivity contribution in [2.45, 2.75) is 32.3 Å². The van der Waals surface area contributed by atoms with Crippen molar-refractivity contribution < 1.29 is 19.0 Å². The van der Waals surface area contributed by atoms with Crippen LogP contribution < -0.4 is 9.47 Å². The Morgan fingerprint density at radius 2 is 1.85 bits per heavy atom. The number of carbonyl (C=O) groups is 1. The number of halogens is 1. The first-order chi connectivity index (χ1) is 9.34. The van der Waals surface area contributed by atoms with Crippen molar-refractivity contribution in [2.24, 2.45) is 0 Å². The predicted octanol–water partition coefficient (Wildman–Crippen LogP) is 3.75. The molecule has 0 atom stereocenters. The molecule has 1 rings (SSSR count). The summed E-state index contributed by atoms with van der Waals surface area (Å²) in [5.74, 6) is 0.885. The fraction of sp³-hybridized carbons (Fsp3) is 0.533. The third-order valence-electron chi connectivity index (χ3n) is 3.26. The first-order valence-electron chi connectivity index (χ1n) is 6.34. The van der Waals surface area contributed by atoms with Crippen LogP contribution in [0.2, 0.25) is 5.02 Å². The Hall–Kier alpha value is -1.26. The van der Waals surface area contributed by atoms with Gasteiger partial charge in [0.1, 0.15) is 0 Å². The lowest BCUT2D eigenvalue weighted by Gasteiger charge is -2.22. The van der Waals surface area contributed by atoms with Crippen LogP contribution in [0.3, 0.4) is 0 Å². The third-order valence-corrected chi connectivity index (χ3v) is 3.54. The Kier molecular flexibility index (Phi) is 5.84. The van der Waals surface area contributed by atoms with Gasteiger partial charge in [-0.15, -0.1) is 0 Å². The molecule has 0 saturated heterocycles. The number of methoxy groups -OCH3 is 3. The van der Waals surface area contributed by atoms with Gasteiger partial charge in [-0.05, 0) is 32.4 Å². The molecule has 112 valence electrons. The van der Waals surface area contributed by atoms with Gasteiger partial charge in [-0.3, -0.25) is 4.79 Å². The Labute approximate surface area is 125 Å². The van der Waals surface area contributed by atoms with Crippen LogP contribution in [0.4, 0.5) is 0 Å². The third kappa shape index (κ3) is 4.12. The zero-order valence-electron chi connectivity index (χ0n) is 12.6. The first kappa shape index (κ1) is 16.8. The topological polar surface area (TPSA) is 44.8 Å². The number of rotatable bonds is 7. The van der Waals surface area contributed by atoms with Crippen molar-refractivity contribution >= 4 is 17.4 Å². The van der Waals surface area contributed by atoms with E-state index in [0.717, 1.165) is 0 Å². The Bertz CT molecular complexity index is 483. The number of carbonyl (C=O) groups excluding carboxylic acids is 1. The molecule has 0 spiro atoms. The summed E-state index contributed by atoms with van der Waals surface area (Å²) in [4.78, 5) is 12.2. The van der Waals surface area contributed by atoms with Crippen LogP contribution in [0.5, 0.6) is 11.5 Å². The predicted molar refractivity (Wildman–Crippen MR) is 79.2 cm³/mol. The molecule has 0 aliphatic rings. The van der Waals surface area contributed by atoms with Crippen LogP contribution in [-0.4, -0.2) is 32.7 Å². The summed E-state index contributed by atoms with van der Waals surface area (Å²) in [6, 6.07) is 3.25. The molecule has 0 amide bonds. The Morgan fingerprint density at radius 1 is 1.20 bits per heavy atom. The zero-order chi connectivity index (χ0) is 15.3. The summed E-state index contributed by atoms with van der Waals surface area (Å²) in [6.07, 6.45) is 1.01. The van der Waals surface area contributed by atoms with Gasteiger partial charge in [0.05, 0.1) is 24.8 Å². The minimum Gasteiger partial charge on any atom is -0.493 e. The number of Topliss-reactive ketones (excluding diaryl/α,β-unsaturated/α-hetero) is 1. The van der Waals surface area contributed by atoms with Crippen LogP contribution in [0, 0.1) is 0 Å². The lowest BCUT2D eigenvalue weighted by molar-refractivity contribution is 0.0141. The van der Waals surface area contributed by atoms with Gasteiger partial charge in [0.25, 0.3) is 0 Å². The molecule has 0 saturated carbocycles. The highest BCUT2D eigenvalue weighted by molar-refractivity contribution is 6.32. The van der Waals surface area contributed by atoms with Crippen molar-refractivity contribution in [3.63, 3.8) is 0 Å². The summed E-state index contributed by atoms with van der Waals surface area (Å²) in [5, 5.41) is 0.362. The van der Waals surface area contributed by atoms with Crippen LogP contribution in [-0.2, 0) is 4.74 Å². The SMILES string of the molecule is COc1cc(C(=O)CCC(C)(C)OC)cc(Cl)c1OC. The van der Waals surface area contributed by atoms with Crippen molar-refractivity contribution in [1.82, 2.24) is 0 Å². The summed E-state index contributed by atoms with van der Waals surface area (Å²) in [5.41, 5.74) is 0.190. The molecule has 0 N–H and O–H groups in total. The van der Waals surface area contributed by atoms with Crippen molar-refractivity contribution in [3.05, 3.63) is 22.7 Å². The fourth-order valence-corrected chi connectivity index (χ4v) is 2.03. The van der Waals surface area contributed by atoms with Crippen molar-refractivity contribution in [2.75, 3.05) is 21.3 Å². The lowest BCUT2D eigenvalue weighted by atomic mass is 9.97. The van der Waals surface area contributed by atoms with Gasteiger partial charge in [-0.1, -0.05) is 11.6 Å². The zero-order valence-corrected chi connectivity index (χ0v) is 13.3. The highest BCUT2D eigenvalue weighted by Gasteiger charge is 2.20. The number of hydrogen-bond acceptors (Lipinski definition) is 4. The van der Waals surface area contributed by atoms with E-state index in [1.54, 1.807) is 19.2 Å². The second kappa shape index (κ2) is 6.95. The van der Waals surface area contributed by atoms with E-state index in [1.807, 2.05) is 13.8 Å². The van der Waals surface area contributed by atoms with Crippen molar-refractivity contribution in [3.8, 4) is 11.5 Å². The molecule has 0 aromatic heterocycles. The van der Waals surface area contributed by atoms with Crippen molar-refractivity contribution in [1.29, 1.82) is 0 Å². The molecular weight excluding hydrogens is 280 g/mol. The van der Waals surface area contributed by atoms with E-state index < -0.39 is 0 Å². The average Bonchev–Trinajstić information content (AvgIpc) is 2.43. The molecule has 20 heavy (non-hydrogen) atoms. The molecule has 4 nitrogen and oxygen atoms in total. The van der Waals surface area contributed by atoms with E-state index in [4.69, 9.17) is 25.8 Å². The maximum absolute atomic E-state index is 12.2. The number of benzene rings is 1. The molecule has 0 fully saturated rings. The van der Waals surface area contributed by atoms with Gasteiger partial charge < -0.3 is 14.2 Å². The minimum absolute atomic E-state index is 0.00187. The van der Waals surface area contributed by atoms with E-state index in [0.29, 0.717) is 34.9 Å². The maximum Gasteiger partial charge on any atom is 0.179 e. The van der Waals surface area contributed by atoms with Gasteiger partial charge in [0, 0.05) is 19.1 Å². The van der Waals surface area contributed by atoms with E-state index in [2.05, 4.69) is 0 Å². The summed E-state index contributed by atoms with van der Waals surface area (Å²) in [6.45, 7) is 3.89.